The van der Waals surface area contributed by atoms with Crippen molar-refractivity contribution in [2.75, 3.05) is 26.2 Å². The van der Waals surface area contributed by atoms with Crippen molar-refractivity contribution in [1.82, 2.24) is 20.4 Å². The summed E-state index contributed by atoms with van der Waals surface area (Å²) in [4.78, 5) is 43.8. The molecule has 11 nitrogen and oxygen atoms in total. The Hall–Kier alpha value is -3.58. The van der Waals surface area contributed by atoms with E-state index in [1.54, 1.807) is 51.7 Å². The quantitative estimate of drug-likeness (QED) is 0.306. The molecule has 4 rings (SSSR count). The first-order valence-electron chi connectivity index (χ1n) is 16.0. The van der Waals surface area contributed by atoms with Crippen molar-refractivity contribution >= 4 is 17.9 Å². The van der Waals surface area contributed by atoms with Crippen LogP contribution in [0.3, 0.4) is 0 Å². The van der Waals surface area contributed by atoms with Gasteiger partial charge >= 0.3 is 6.09 Å². The number of amides is 3. The first kappa shape index (κ1) is 36.3. The summed E-state index contributed by atoms with van der Waals surface area (Å²) in [5.74, 6) is -1.46. The Labute approximate surface area is 276 Å². The zero-order valence-corrected chi connectivity index (χ0v) is 28.4. The molecule has 4 atom stereocenters. The van der Waals surface area contributed by atoms with Crippen molar-refractivity contribution < 1.29 is 38.5 Å². The van der Waals surface area contributed by atoms with Crippen molar-refractivity contribution in [3.05, 3.63) is 71.5 Å². The number of alkyl carbamates (subject to hydrolysis) is 1. The summed E-state index contributed by atoms with van der Waals surface area (Å²) in [5.41, 5.74) is -2.62. The fraction of sp³-hybridized carbons (Fsp3) is 0.571. The van der Waals surface area contributed by atoms with Gasteiger partial charge in [0, 0.05) is 25.0 Å². The Balaban J connectivity index is 1.59. The molecule has 258 valence electrons. The molecule has 2 aliphatic heterocycles. The number of aliphatic hydroxyl groups is 2. The lowest BCUT2D eigenvalue weighted by molar-refractivity contribution is -0.148. The molecule has 0 spiro atoms. The maximum Gasteiger partial charge on any atom is 0.408 e. The maximum absolute atomic E-state index is 14.3. The third kappa shape index (κ3) is 8.29. The molecule has 2 aliphatic rings. The predicted octanol–water partition coefficient (Wildman–Crippen LogP) is 2.98. The highest BCUT2D eigenvalue weighted by atomic mass is 19.1. The Kier molecular flexibility index (Phi) is 10.7. The third-order valence-corrected chi connectivity index (χ3v) is 8.94. The van der Waals surface area contributed by atoms with Crippen molar-refractivity contribution in [3.63, 3.8) is 0 Å². The van der Waals surface area contributed by atoms with Gasteiger partial charge in [-0.05, 0) is 64.3 Å². The number of carbonyl (C=O) groups is 3. The monoisotopic (exact) mass is 656 g/mol. The Morgan fingerprint density at radius 1 is 0.979 bits per heavy atom. The number of ether oxygens (including phenoxy) is 2. The molecule has 2 aromatic rings. The van der Waals surface area contributed by atoms with Crippen LogP contribution in [0.25, 0.3) is 0 Å². The van der Waals surface area contributed by atoms with Gasteiger partial charge in [0.2, 0.25) is 11.8 Å². The van der Waals surface area contributed by atoms with Crippen LogP contribution in [0.5, 0.6) is 0 Å². The summed E-state index contributed by atoms with van der Waals surface area (Å²) in [5, 5.41) is 28.4. The van der Waals surface area contributed by atoms with Crippen LogP contribution in [0.2, 0.25) is 0 Å². The SMILES string of the molecule is CC(C)(C)OC(=O)NC(C)(C)C(=O)N[C@H](COCc1ccccc1)C(=O)N1CCN2C(O)C(C)(C)C(O)[C@]2(Cc2ccc(F)cc2)C1. The molecule has 0 aromatic heterocycles. The summed E-state index contributed by atoms with van der Waals surface area (Å²) >= 11 is 0. The molecule has 2 heterocycles. The normalized spacial score (nSPS) is 23.5. The van der Waals surface area contributed by atoms with E-state index < -0.39 is 64.2 Å². The first-order valence-corrected chi connectivity index (χ1v) is 16.0. The zero-order chi connectivity index (χ0) is 34.8. The van der Waals surface area contributed by atoms with Crippen molar-refractivity contribution in [1.29, 1.82) is 0 Å². The highest BCUT2D eigenvalue weighted by Gasteiger charge is 2.64. The van der Waals surface area contributed by atoms with Crippen LogP contribution in [0, 0.1) is 11.2 Å². The van der Waals surface area contributed by atoms with Crippen LogP contribution in [0.4, 0.5) is 9.18 Å². The average molecular weight is 657 g/mol. The summed E-state index contributed by atoms with van der Waals surface area (Å²) in [6.07, 6.45) is -2.58. The minimum atomic E-state index is -1.45. The topological polar surface area (TPSA) is 141 Å². The Morgan fingerprint density at radius 2 is 1.62 bits per heavy atom. The fourth-order valence-corrected chi connectivity index (χ4v) is 6.41. The lowest BCUT2D eigenvalue weighted by Gasteiger charge is -2.49. The minimum absolute atomic E-state index is 0.0372. The van der Waals surface area contributed by atoms with Gasteiger partial charge in [-0.25, -0.2) is 9.18 Å². The molecule has 0 saturated carbocycles. The second kappa shape index (κ2) is 13.9. The molecule has 2 fully saturated rings. The van der Waals surface area contributed by atoms with E-state index in [2.05, 4.69) is 10.6 Å². The molecule has 3 amide bonds. The van der Waals surface area contributed by atoms with Crippen LogP contribution >= 0.6 is 0 Å². The smallest absolute Gasteiger partial charge is 0.408 e. The highest BCUT2D eigenvalue weighted by molar-refractivity contribution is 5.93. The number of halogens is 1. The van der Waals surface area contributed by atoms with Gasteiger partial charge in [0.1, 0.15) is 29.2 Å². The molecule has 12 heteroatoms. The summed E-state index contributed by atoms with van der Waals surface area (Å²) in [7, 11) is 0. The van der Waals surface area contributed by atoms with Gasteiger partial charge in [0.05, 0.1) is 24.9 Å². The molecule has 47 heavy (non-hydrogen) atoms. The summed E-state index contributed by atoms with van der Waals surface area (Å²) < 4.78 is 25.0. The maximum atomic E-state index is 14.3. The number of piperazine rings is 1. The molecule has 0 aliphatic carbocycles. The second-order valence-corrected chi connectivity index (χ2v) is 14.7. The lowest BCUT2D eigenvalue weighted by atomic mass is 9.76. The van der Waals surface area contributed by atoms with E-state index in [9.17, 15) is 29.0 Å². The van der Waals surface area contributed by atoms with Gasteiger partial charge in [0.15, 0.2) is 0 Å². The molecule has 2 saturated heterocycles. The van der Waals surface area contributed by atoms with E-state index in [1.807, 2.05) is 35.2 Å². The number of nitrogens with one attached hydrogen (secondary N) is 2. The van der Waals surface area contributed by atoms with Crippen LogP contribution in [-0.2, 0) is 32.1 Å². The predicted molar refractivity (Wildman–Crippen MR) is 173 cm³/mol. The molecule has 0 radical (unpaired) electrons. The standard InChI is InChI=1S/C35H49FN4O7/c1-32(2,3)47-31(45)38-34(6,7)29(43)37-26(21-46-20-24-11-9-8-10-12-24)27(41)39-17-18-40-30(44)33(4,5)28(42)35(40,22-39)19-23-13-15-25(36)16-14-23/h8-16,26,28,30,42,44H,17-22H2,1-7H3,(H,37,43)(H,38,45)/t26-,28?,30?,35+/m1/s1. The Bertz CT molecular complexity index is 1410. The molecule has 2 aromatic carbocycles. The van der Waals surface area contributed by atoms with Crippen LogP contribution in [-0.4, -0.2) is 99.2 Å². The number of nitrogens with zero attached hydrogens (tertiary/aromatic N) is 2. The number of carbonyl (C=O) groups excluding carboxylic acids is 3. The van der Waals surface area contributed by atoms with E-state index in [0.717, 1.165) is 11.1 Å². The van der Waals surface area contributed by atoms with E-state index in [0.29, 0.717) is 0 Å². The zero-order valence-electron chi connectivity index (χ0n) is 28.4. The lowest BCUT2D eigenvalue weighted by Crippen LogP contribution is -2.68. The minimum Gasteiger partial charge on any atom is -0.444 e. The number of rotatable bonds is 10. The first-order chi connectivity index (χ1) is 21.9. The molecular formula is C35H49FN4O7. The van der Waals surface area contributed by atoms with Crippen molar-refractivity contribution in [3.8, 4) is 0 Å². The number of fused-ring (bicyclic) bond motifs is 1. The van der Waals surface area contributed by atoms with Gasteiger partial charge in [0.25, 0.3) is 0 Å². The van der Waals surface area contributed by atoms with Gasteiger partial charge < -0.3 is 35.2 Å². The highest BCUT2D eigenvalue weighted by Crippen LogP contribution is 2.48. The number of aliphatic hydroxyl groups excluding tert-OH is 2. The van der Waals surface area contributed by atoms with Crippen LogP contribution in [0.1, 0.15) is 59.6 Å². The molecule has 4 N–H and O–H groups in total. The van der Waals surface area contributed by atoms with Crippen molar-refractivity contribution in [2.24, 2.45) is 5.41 Å². The largest absolute Gasteiger partial charge is 0.444 e. The van der Waals surface area contributed by atoms with Gasteiger partial charge in [-0.15, -0.1) is 0 Å². The average Bonchev–Trinajstić information content (AvgIpc) is 3.13. The van der Waals surface area contributed by atoms with Gasteiger partial charge in [-0.3, -0.25) is 14.5 Å². The van der Waals surface area contributed by atoms with Gasteiger partial charge in [-0.1, -0.05) is 56.3 Å². The van der Waals surface area contributed by atoms with E-state index in [4.69, 9.17) is 9.47 Å². The van der Waals surface area contributed by atoms with Gasteiger partial charge in [-0.2, -0.15) is 0 Å². The molecular weight excluding hydrogens is 607 g/mol. The van der Waals surface area contributed by atoms with Crippen LogP contribution < -0.4 is 10.6 Å². The van der Waals surface area contributed by atoms with E-state index in [1.165, 1.54) is 26.0 Å². The summed E-state index contributed by atoms with van der Waals surface area (Å²) in [6, 6.07) is 14.2. The second-order valence-electron chi connectivity index (χ2n) is 14.7. The number of hydrogen-bond acceptors (Lipinski definition) is 8. The van der Waals surface area contributed by atoms with E-state index >= 15 is 0 Å². The van der Waals surface area contributed by atoms with E-state index in [-0.39, 0.29) is 39.3 Å². The van der Waals surface area contributed by atoms with Crippen LogP contribution in [0.15, 0.2) is 54.6 Å². The Morgan fingerprint density at radius 3 is 2.23 bits per heavy atom. The number of benzene rings is 2. The van der Waals surface area contributed by atoms with Crippen molar-refractivity contribution in [2.45, 2.75) is 96.5 Å². The summed E-state index contributed by atoms with van der Waals surface area (Å²) in [6.45, 7) is 12.2. The fourth-order valence-electron chi connectivity index (χ4n) is 6.41. The number of hydrogen-bond donors (Lipinski definition) is 4. The molecule has 2 unspecified atom stereocenters. The third-order valence-electron chi connectivity index (χ3n) is 8.94. The molecule has 0 bridgehead atoms.